The molecule has 0 radical (unpaired) electrons. The van der Waals surface area contributed by atoms with E-state index in [2.05, 4.69) is 20.9 Å². The van der Waals surface area contributed by atoms with Crippen LogP contribution in [0.1, 0.15) is 25.0 Å². The molecule has 2 aromatic rings. The Bertz CT molecular complexity index is 1170. The molecule has 2 saturated heterocycles. The predicted molar refractivity (Wildman–Crippen MR) is 146 cm³/mol. The van der Waals surface area contributed by atoms with Gasteiger partial charge < -0.3 is 25.4 Å². The summed E-state index contributed by atoms with van der Waals surface area (Å²) in [5.74, 6) is -1.53. The maximum absolute atomic E-state index is 13.6. The zero-order chi connectivity index (χ0) is 28.5. The third kappa shape index (κ3) is 8.41. The van der Waals surface area contributed by atoms with Crippen LogP contribution in [0.3, 0.4) is 0 Å². The maximum Gasteiger partial charge on any atom is 0.243 e. The molecule has 3 amide bonds. The lowest BCUT2D eigenvalue weighted by molar-refractivity contribution is -0.134. The van der Waals surface area contributed by atoms with E-state index in [0.29, 0.717) is 32.9 Å². The van der Waals surface area contributed by atoms with Gasteiger partial charge in [0.25, 0.3) is 0 Å². The number of hydrogen-bond donors (Lipinski definition) is 3. The van der Waals surface area contributed by atoms with Gasteiger partial charge in [-0.15, -0.1) is 0 Å². The number of epoxide rings is 1. The summed E-state index contributed by atoms with van der Waals surface area (Å²) >= 11 is 0. The molecule has 4 atom stereocenters. The van der Waals surface area contributed by atoms with Crippen molar-refractivity contribution in [3.8, 4) is 0 Å². The predicted octanol–water partition coefficient (Wildman–Crippen LogP) is 0.0313. The Balaban J connectivity index is 1.44. The summed E-state index contributed by atoms with van der Waals surface area (Å²) < 4.78 is 10.7. The van der Waals surface area contributed by atoms with Crippen LogP contribution in [0.15, 0.2) is 54.9 Å². The minimum atomic E-state index is -1.01. The van der Waals surface area contributed by atoms with E-state index >= 15 is 0 Å². The summed E-state index contributed by atoms with van der Waals surface area (Å²) in [6.45, 7) is 6.15. The van der Waals surface area contributed by atoms with Gasteiger partial charge in [-0.1, -0.05) is 36.4 Å². The molecular weight excluding hydrogens is 514 g/mol. The number of Topliss-reactive ketones (excluding diaryl/α,β-unsaturated/α-hetero) is 1. The highest BCUT2D eigenvalue weighted by atomic mass is 16.6. The lowest BCUT2D eigenvalue weighted by Crippen LogP contribution is -2.57. The van der Waals surface area contributed by atoms with Crippen LogP contribution in [0, 0.1) is 0 Å². The zero-order valence-corrected chi connectivity index (χ0v) is 22.9. The number of aromatic nitrogens is 1. The number of carbonyl (C=O) groups is 4. The van der Waals surface area contributed by atoms with Crippen molar-refractivity contribution in [1.29, 1.82) is 0 Å². The fraction of sp³-hybridized carbons (Fsp3) is 0.483. The first-order valence-electron chi connectivity index (χ1n) is 13.5. The first-order valence-corrected chi connectivity index (χ1v) is 13.5. The minimum absolute atomic E-state index is 0.153. The smallest absolute Gasteiger partial charge is 0.243 e. The molecule has 11 heteroatoms. The minimum Gasteiger partial charge on any atom is -0.379 e. The average molecular weight is 552 g/mol. The largest absolute Gasteiger partial charge is 0.379 e. The van der Waals surface area contributed by atoms with Gasteiger partial charge in [0.2, 0.25) is 17.7 Å². The third-order valence-corrected chi connectivity index (χ3v) is 7.05. The lowest BCUT2D eigenvalue weighted by atomic mass is 9.94. The molecule has 0 saturated carbocycles. The third-order valence-electron chi connectivity index (χ3n) is 7.05. The van der Waals surface area contributed by atoms with Crippen molar-refractivity contribution >= 4 is 23.5 Å². The van der Waals surface area contributed by atoms with Gasteiger partial charge in [-0.2, -0.15) is 0 Å². The molecule has 0 aliphatic carbocycles. The topological polar surface area (TPSA) is 142 Å². The number of rotatable bonds is 13. The zero-order valence-electron chi connectivity index (χ0n) is 22.9. The van der Waals surface area contributed by atoms with Crippen molar-refractivity contribution in [2.24, 2.45) is 0 Å². The molecule has 40 heavy (non-hydrogen) atoms. The Morgan fingerprint density at radius 2 is 1.57 bits per heavy atom. The number of ketones is 1. The molecule has 214 valence electrons. The van der Waals surface area contributed by atoms with Gasteiger partial charge in [0.05, 0.1) is 32.4 Å². The molecule has 0 unspecified atom stereocenters. The second kappa shape index (κ2) is 13.6. The van der Waals surface area contributed by atoms with Crippen molar-refractivity contribution in [2.75, 3.05) is 39.5 Å². The Morgan fingerprint density at radius 1 is 0.925 bits per heavy atom. The Morgan fingerprint density at radius 3 is 2.23 bits per heavy atom. The molecule has 2 aliphatic rings. The van der Waals surface area contributed by atoms with E-state index in [9.17, 15) is 19.2 Å². The number of ether oxygens (including phenoxy) is 2. The highest BCUT2D eigenvalue weighted by Gasteiger charge is 2.50. The van der Waals surface area contributed by atoms with E-state index < -0.39 is 35.5 Å². The normalized spacial score (nSPS) is 20.9. The molecule has 4 rings (SSSR count). The molecule has 0 bridgehead atoms. The van der Waals surface area contributed by atoms with Crippen molar-refractivity contribution < 1.29 is 28.7 Å². The second-order valence-corrected chi connectivity index (χ2v) is 10.4. The molecule has 1 aromatic heterocycles. The summed E-state index contributed by atoms with van der Waals surface area (Å²) in [5.41, 5.74) is 0.680. The Labute approximate surface area is 234 Å². The van der Waals surface area contributed by atoms with Crippen molar-refractivity contribution in [2.45, 2.75) is 50.4 Å². The van der Waals surface area contributed by atoms with Crippen molar-refractivity contribution in [3.63, 3.8) is 0 Å². The molecule has 11 nitrogen and oxygen atoms in total. The van der Waals surface area contributed by atoms with E-state index in [1.165, 1.54) is 0 Å². The quantitative estimate of drug-likeness (QED) is 0.296. The monoisotopic (exact) mass is 551 g/mol. The van der Waals surface area contributed by atoms with E-state index in [1.54, 1.807) is 38.4 Å². The summed E-state index contributed by atoms with van der Waals surface area (Å²) in [4.78, 5) is 58.6. The van der Waals surface area contributed by atoms with Crippen LogP contribution < -0.4 is 16.0 Å². The van der Waals surface area contributed by atoms with Crippen LogP contribution in [0.4, 0.5) is 0 Å². The van der Waals surface area contributed by atoms with Crippen LogP contribution in [0.25, 0.3) is 0 Å². The summed E-state index contributed by atoms with van der Waals surface area (Å²) in [6, 6.07) is 10.2. The second-order valence-electron chi connectivity index (χ2n) is 10.4. The van der Waals surface area contributed by atoms with Crippen LogP contribution in [0.2, 0.25) is 0 Å². The standard InChI is InChI=1S/C29H37N5O6/c1-20(31-25(35)18-34-11-13-39-14-12-34)27(37)33-24(16-22-9-6-10-30-17-22)28(38)32-23(26(36)29(2)19-40-29)15-21-7-4-3-5-8-21/h3-10,17,20,23-24H,11-16,18-19H2,1-2H3,(H,31,35)(H,32,38)(H,33,37)/t20-,23-,24-,29+/m0/s1. The summed E-state index contributed by atoms with van der Waals surface area (Å²) in [6.07, 6.45) is 3.67. The maximum atomic E-state index is 13.6. The average Bonchev–Trinajstić information content (AvgIpc) is 3.71. The number of morpholine rings is 1. The highest BCUT2D eigenvalue weighted by Crippen LogP contribution is 2.29. The van der Waals surface area contributed by atoms with Gasteiger partial charge >= 0.3 is 0 Å². The number of amides is 3. The first-order chi connectivity index (χ1) is 19.2. The van der Waals surface area contributed by atoms with E-state index in [4.69, 9.17) is 9.47 Å². The summed E-state index contributed by atoms with van der Waals surface area (Å²) in [7, 11) is 0. The molecule has 0 spiro atoms. The van der Waals surface area contributed by atoms with Crippen molar-refractivity contribution in [3.05, 3.63) is 66.0 Å². The molecule has 2 aliphatic heterocycles. The van der Waals surface area contributed by atoms with Gasteiger partial charge in [0, 0.05) is 31.9 Å². The van der Waals surface area contributed by atoms with Crippen LogP contribution in [0.5, 0.6) is 0 Å². The molecule has 3 heterocycles. The van der Waals surface area contributed by atoms with Crippen LogP contribution in [-0.4, -0.2) is 96.6 Å². The van der Waals surface area contributed by atoms with Crippen LogP contribution >= 0.6 is 0 Å². The molecule has 2 fully saturated rings. The number of carbonyl (C=O) groups excluding carboxylic acids is 4. The first kappa shape index (κ1) is 29.3. The van der Waals surface area contributed by atoms with Gasteiger partial charge in [0.15, 0.2) is 5.78 Å². The summed E-state index contributed by atoms with van der Waals surface area (Å²) in [5, 5.41) is 8.34. The fourth-order valence-corrected chi connectivity index (χ4v) is 4.53. The van der Waals surface area contributed by atoms with Gasteiger partial charge in [-0.3, -0.25) is 29.1 Å². The van der Waals surface area contributed by atoms with E-state index in [0.717, 1.165) is 11.1 Å². The lowest BCUT2D eigenvalue weighted by Gasteiger charge is -2.27. The fourth-order valence-electron chi connectivity index (χ4n) is 4.53. The van der Waals surface area contributed by atoms with Gasteiger partial charge in [0.1, 0.15) is 17.7 Å². The van der Waals surface area contributed by atoms with E-state index in [1.807, 2.05) is 35.2 Å². The van der Waals surface area contributed by atoms with Crippen molar-refractivity contribution in [1.82, 2.24) is 25.8 Å². The number of benzene rings is 1. The number of pyridine rings is 1. The van der Waals surface area contributed by atoms with Gasteiger partial charge in [-0.25, -0.2) is 0 Å². The SMILES string of the molecule is C[C@H](NC(=O)CN1CCOCC1)C(=O)N[C@@H](Cc1cccnc1)C(=O)N[C@@H](Cc1ccccc1)C(=O)[C@@]1(C)CO1. The van der Waals surface area contributed by atoms with Crippen LogP contribution in [-0.2, 0) is 41.5 Å². The van der Waals surface area contributed by atoms with Gasteiger partial charge in [-0.05, 0) is 37.5 Å². The van der Waals surface area contributed by atoms with E-state index in [-0.39, 0.29) is 31.1 Å². The Hall–Kier alpha value is -3.67. The molecule has 3 N–H and O–H groups in total. The highest BCUT2D eigenvalue weighted by molar-refractivity contribution is 5.98. The number of nitrogens with zero attached hydrogens (tertiary/aromatic N) is 2. The molecule has 1 aromatic carbocycles. The number of hydrogen-bond acceptors (Lipinski definition) is 8. The Kier molecular flexibility index (Phi) is 9.97. The molecular formula is C29H37N5O6. The number of nitrogens with one attached hydrogen (secondary N) is 3.